The molecule has 8 heteroatoms. The highest BCUT2D eigenvalue weighted by Crippen LogP contribution is 2.34. The van der Waals surface area contributed by atoms with Gasteiger partial charge >= 0.3 is 0 Å². The van der Waals surface area contributed by atoms with Gasteiger partial charge in [0, 0.05) is 0 Å². The number of aromatic nitrogens is 3. The topological polar surface area (TPSA) is 43.9 Å². The van der Waals surface area contributed by atoms with Gasteiger partial charge in [0.05, 0.1) is 23.3 Å². The van der Waals surface area contributed by atoms with E-state index in [1.54, 1.807) is 34.9 Å². The molecule has 0 aliphatic heterocycles. The first-order chi connectivity index (χ1) is 13.1. The van der Waals surface area contributed by atoms with Gasteiger partial charge in [0.15, 0.2) is 11.0 Å². The molecule has 2 aromatic heterocycles. The molecule has 4 aromatic rings. The molecule has 0 radical (unpaired) electrons. The van der Waals surface area contributed by atoms with Crippen molar-refractivity contribution in [3.63, 3.8) is 0 Å². The smallest absolute Gasteiger partial charge is 0.196 e. The van der Waals surface area contributed by atoms with Crippen LogP contribution in [0.4, 0.5) is 13.2 Å². The van der Waals surface area contributed by atoms with Crippen LogP contribution in [0.15, 0.2) is 75.3 Å². The molecule has 27 heavy (non-hydrogen) atoms. The second kappa shape index (κ2) is 7.32. The van der Waals surface area contributed by atoms with Crippen LogP contribution in [0.3, 0.4) is 0 Å². The maximum Gasteiger partial charge on any atom is 0.196 e. The van der Waals surface area contributed by atoms with E-state index < -0.39 is 17.5 Å². The molecule has 4 rings (SSSR count). The Morgan fingerprint density at radius 2 is 1.59 bits per heavy atom. The minimum atomic E-state index is -0.708. The summed E-state index contributed by atoms with van der Waals surface area (Å²) in [6.45, 7) is 0.183. The predicted octanol–water partition coefficient (Wildman–Crippen LogP) is 5.15. The summed E-state index contributed by atoms with van der Waals surface area (Å²) in [4.78, 5) is -0.203. The highest BCUT2D eigenvalue weighted by atomic mass is 32.2. The SMILES string of the molecule is Fc1ccccc1-c1nnc(Sc2c(F)cccc2F)n1Cc1ccco1. The molecule has 4 nitrogen and oxygen atoms in total. The summed E-state index contributed by atoms with van der Waals surface area (Å²) >= 11 is 0.786. The fourth-order valence-corrected chi connectivity index (χ4v) is 3.43. The Labute approximate surface area is 156 Å². The molecular weight excluding hydrogens is 375 g/mol. The first kappa shape index (κ1) is 17.4. The molecular formula is C19H12F3N3OS. The van der Waals surface area contributed by atoms with Crippen molar-refractivity contribution in [1.29, 1.82) is 0 Å². The molecule has 0 fully saturated rings. The van der Waals surface area contributed by atoms with Crippen molar-refractivity contribution in [2.75, 3.05) is 0 Å². The van der Waals surface area contributed by atoms with Crippen LogP contribution in [0, 0.1) is 17.5 Å². The second-order valence-electron chi connectivity index (χ2n) is 5.60. The molecule has 0 aliphatic carbocycles. The van der Waals surface area contributed by atoms with Crippen LogP contribution in [-0.4, -0.2) is 14.8 Å². The van der Waals surface area contributed by atoms with Crippen LogP contribution in [0.1, 0.15) is 5.76 Å². The Morgan fingerprint density at radius 1 is 0.852 bits per heavy atom. The van der Waals surface area contributed by atoms with Crippen molar-refractivity contribution < 1.29 is 17.6 Å². The number of nitrogens with zero attached hydrogens (tertiary/aromatic N) is 3. The molecule has 0 bridgehead atoms. The number of rotatable bonds is 5. The molecule has 0 atom stereocenters. The third-order valence-electron chi connectivity index (χ3n) is 3.84. The van der Waals surface area contributed by atoms with Crippen molar-refractivity contribution in [1.82, 2.24) is 14.8 Å². The molecule has 0 saturated heterocycles. The lowest BCUT2D eigenvalue weighted by atomic mass is 10.2. The Morgan fingerprint density at radius 3 is 2.30 bits per heavy atom. The van der Waals surface area contributed by atoms with E-state index in [-0.39, 0.29) is 28.0 Å². The van der Waals surface area contributed by atoms with E-state index in [4.69, 9.17) is 4.42 Å². The van der Waals surface area contributed by atoms with Gasteiger partial charge in [-0.25, -0.2) is 13.2 Å². The van der Waals surface area contributed by atoms with Crippen LogP contribution >= 0.6 is 11.8 Å². The third kappa shape index (κ3) is 3.48. The zero-order valence-electron chi connectivity index (χ0n) is 13.8. The third-order valence-corrected chi connectivity index (χ3v) is 4.92. The Bertz CT molecular complexity index is 1060. The molecule has 136 valence electrons. The van der Waals surface area contributed by atoms with Gasteiger partial charge in [-0.3, -0.25) is 4.57 Å². The first-order valence-electron chi connectivity index (χ1n) is 7.96. The predicted molar refractivity (Wildman–Crippen MR) is 93.7 cm³/mol. The van der Waals surface area contributed by atoms with Gasteiger partial charge in [0.25, 0.3) is 0 Å². The van der Waals surface area contributed by atoms with E-state index in [0.29, 0.717) is 5.76 Å². The van der Waals surface area contributed by atoms with Crippen LogP contribution in [0.5, 0.6) is 0 Å². The minimum absolute atomic E-state index is 0.183. The van der Waals surface area contributed by atoms with E-state index in [1.165, 1.54) is 18.4 Å². The largest absolute Gasteiger partial charge is 0.467 e. The molecule has 0 aliphatic rings. The van der Waals surface area contributed by atoms with E-state index in [0.717, 1.165) is 23.9 Å². The summed E-state index contributed by atoms with van der Waals surface area (Å²) in [5.74, 6) is -1.08. The lowest BCUT2D eigenvalue weighted by Gasteiger charge is -2.10. The molecule has 2 aromatic carbocycles. The fraction of sp³-hybridized carbons (Fsp3) is 0.0526. The van der Waals surface area contributed by atoms with Crippen molar-refractivity contribution in [3.8, 4) is 11.4 Å². The molecule has 0 spiro atoms. The van der Waals surface area contributed by atoms with Crippen molar-refractivity contribution in [2.24, 2.45) is 0 Å². The van der Waals surface area contributed by atoms with Gasteiger partial charge in [-0.2, -0.15) is 0 Å². The van der Waals surface area contributed by atoms with Crippen LogP contribution in [0.2, 0.25) is 0 Å². The van der Waals surface area contributed by atoms with Gasteiger partial charge in [-0.1, -0.05) is 18.2 Å². The van der Waals surface area contributed by atoms with Crippen molar-refractivity contribution in [2.45, 2.75) is 16.6 Å². The number of halogens is 3. The second-order valence-corrected chi connectivity index (χ2v) is 6.58. The lowest BCUT2D eigenvalue weighted by molar-refractivity contribution is 0.484. The average molecular weight is 387 g/mol. The normalized spacial score (nSPS) is 11.1. The number of hydrogen-bond donors (Lipinski definition) is 0. The zero-order chi connectivity index (χ0) is 18.8. The van der Waals surface area contributed by atoms with Crippen molar-refractivity contribution in [3.05, 3.63) is 84.1 Å². The summed E-state index contributed by atoms with van der Waals surface area (Å²) in [7, 11) is 0. The van der Waals surface area contributed by atoms with Crippen molar-refractivity contribution >= 4 is 11.8 Å². The van der Waals surface area contributed by atoms with E-state index in [9.17, 15) is 13.2 Å². The van der Waals surface area contributed by atoms with Crippen LogP contribution in [-0.2, 0) is 6.54 Å². The van der Waals surface area contributed by atoms with Gasteiger partial charge in [-0.05, 0) is 48.2 Å². The number of benzene rings is 2. The van der Waals surface area contributed by atoms with Gasteiger partial charge in [0.1, 0.15) is 23.2 Å². The quantitative estimate of drug-likeness (QED) is 0.475. The fourth-order valence-electron chi connectivity index (χ4n) is 2.58. The standard InChI is InChI=1S/C19H12F3N3OS/c20-14-7-2-1-6-13(14)18-23-24-19(25(18)11-12-5-4-10-26-12)27-17-15(21)8-3-9-16(17)22/h1-10H,11H2. The van der Waals surface area contributed by atoms with E-state index in [1.807, 2.05) is 0 Å². The zero-order valence-corrected chi connectivity index (χ0v) is 14.6. The number of hydrogen-bond acceptors (Lipinski definition) is 4. The van der Waals surface area contributed by atoms with Crippen LogP contribution < -0.4 is 0 Å². The molecule has 0 unspecified atom stereocenters. The Kier molecular flexibility index (Phi) is 4.72. The summed E-state index contributed by atoms with van der Waals surface area (Å²) in [5, 5.41) is 8.29. The van der Waals surface area contributed by atoms with E-state index >= 15 is 0 Å². The maximum atomic E-state index is 14.3. The first-order valence-corrected chi connectivity index (χ1v) is 8.77. The lowest BCUT2D eigenvalue weighted by Crippen LogP contribution is -2.04. The van der Waals surface area contributed by atoms with E-state index in [2.05, 4.69) is 10.2 Å². The number of furan rings is 1. The molecule has 0 saturated carbocycles. The van der Waals surface area contributed by atoms with Gasteiger partial charge in [-0.15, -0.1) is 10.2 Å². The minimum Gasteiger partial charge on any atom is -0.467 e. The monoisotopic (exact) mass is 387 g/mol. The summed E-state index contributed by atoms with van der Waals surface area (Å²) in [6.07, 6.45) is 1.51. The molecule has 2 heterocycles. The Balaban J connectivity index is 1.81. The highest BCUT2D eigenvalue weighted by molar-refractivity contribution is 7.99. The average Bonchev–Trinajstić information content (AvgIpc) is 3.30. The van der Waals surface area contributed by atoms with Gasteiger partial charge < -0.3 is 4.42 Å². The molecule has 0 amide bonds. The Hall–Kier alpha value is -3.00. The summed E-state index contributed by atoms with van der Waals surface area (Å²) < 4.78 is 49.3. The summed E-state index contributed by atoms with van der Waals surface area (Å²) in [5.41, 5.74) is 0.234. The van der Waals surface area contributed by atoms with Gasteiger partial charge in [0.2, 0.25) is 0 Å². The highest BCUT2D eigenvalue weighted by Gasteiger charge is 2.21. The maximum absolute atomic E-state index is 14.3. The molecule has 0 N–H and O–H groups in total. The summed E-state index contributed by atoms with van der Waals surface area (Å²) in [6, 6.07) is 13.2. The van der Waals surface area contributed by atoms with Crippen LogP contribution in [0.25, 0.3) is 11.4 Å².